The Hall–Kier alpha value is -4.25. The highest BCUT2D eigenvalue weighted by atomic mass is 32.2. The molecule has 3 aromatic heterocycles. The maximum Gasteiger partial charge on any atom is 0.387 e. The fourth-order valence-electron chi connectivity index (χ4n) is 5.82. The number of thioether (sulfide) groups is 1. The molecule has 13 nitrogen and oxygen atoms in total. The molecule has 1 aromatic carbocycles. The van der Waals surface area contributed by atoms with Gasteiger partial charge in [-0.1, -0.05) is 0 Å². The smallest absolute Gasteiger partial charge is 0.387 e. The quantitative estimate of drug-likeness (QED) is 0.150. The Morgan fingerprint density at radius 1 is 1.23 bits per heavy atom. The Bertz CT molecular complexity index is 1770. The molecule has 2 aliphatic heterocycles. The van der Waals surface area contributed by atoms with Crippen LogP contribution < -0.4 is 21.6 Å². The summed E-state index contributed by atoms with van der Waals surface area (Å²) in [6, 6.07) is 7.36. The van der Waals surface area contributed by atoms with Crippen molar-refractivity contribution in [3.05, 3.63) is 66.5 Å². The summed E-state index contributed by atoms with van der Waals surface area (Å²) in [7, 11) is 0. The van der Waals surface area contributed by atoms with Crippen LogP contribution >= 0.6 is 11.8 Å². The SMILES string of the molecule is N/C(=C\N(N)C1CCN(C2COC2)CC1)Cn1cc(NC(=O)c2cnn3cccnc23)c(-c2cc(SC3CC3)ccc2OC(F)F)n1. The number of nitrogens with one attached hydrogen (secondary N) is 1. The van der Waals surface area contributed by atoms with Gasteiger partial charge in [0, 0.05) is 65.3 Å². The number of hydrogen-bond donors (Lipinski definition) is 3. The van der Waals surface area contributed by atoms with Crippen LogP contribution in [-0.4, -0.2) is 90.4 Å². The van der Waals surface area contributed by atoms with Crippen LogP contribution in [0, 0.1) is 0 Å². The number of rotatable bonds is 12. The number of nitrogens with two attached hydrogens (primary N) is 2. The van der Waals surface area contributed by atoms with Crippen LogP contribution in [0.3, 0.4) is 0 Å². The minimum atomic E-state index is -3.05. The van der Waals surface area contributed by atoms with E-state index in [4.69, 9.17) is 26.1 Å². The first-order valence-electron chi connectivity index (χ1n) is 15.5. The summed E-state index contributed by atoms with van der Waals surface area (Å²) >= 11 is 1.67. The average Bonchev–Trinajstić information content (AvgIpc) is 3.59. The van der Waals surface area contributed by atoms with E-state index in [0.29, 0.717) is 28.2 Å². The Labute approximate surface area is 273 Å². The number of fused-ring (bicyclic) bond motifs is 1. The van der Waals surface area contributed by atoms with Crippen molar-refractivity contribution in [2.45, 2.75) is 61.1 Å². The number of nitrogens with zero attached hydrogens (tertiary/aromatic N) is 7. The fourth-order valence-corrected chi connectivity index (χ4v) is 6.91. The zero-order valence-corrected chi connectivity index (χ0v) is 26.4. The molecule has 1 saturated carbocycles. The normalized spacial score (nSPS) is 18.1. The molecule has 5 N–H and O–H groups in total. The van der Waals surface area contributed by atoms with Gasteiger partial charge >= 0.3 is 6.61 Å². The standard InChI is InChI=1S/C31H36F2N10O3S/c32-31(33)46-27-5-4-23(47-22-2-3-22)12-24(27)28-26(38-30(44)25-13-37-43-9-1-8-36-29(25)43)16-41(39-28)14-19(34)15-42(35)20-6-10-40(11-7-20)21-17-45-18-21/h1,4-5,8-9,12-13,15-16,20-22,31H,2-3,6-7,10-11,14,17-18,34-35H2,(H,38,44)/b19-15-. The summed E-state index contributed by atoms with van der Waals surface area (Å²) < 4.78 is 40.3. The Balaban J connectivity index is 1.16. The molecule has 2 saturated heterocycles. The van der Waals surface area contributed by atoms with Gasteiger partial charge in [0.15, 0.2) is 5.65 Å². The topological polar surface area (TPSA) is 154 Å². The number of halogens is 2. The van der Waals surface area contributed by atoms with Gasteiger partial charge < -0.3 is 25.5 Å². The largest absolute Gasteiger partial charge is 0.434 e. The van der Waals surface area contributed by atoms with Crippen LogP contribution in [-0.2, 0) is 11.3 Å². The van der Waals surface area contributed by atoms with Crippen LogP contribution in [0.5, 0.6) is 5.75 Å². The van der Waals surface area contributed by atoms with Gasteiger partial charge in [-0.3, -0.25) is 14.4 Å². The molecule has 1 aliphatic carbocycles. The monoisotopic (exact) mass is 666 g/mol. The molecule has 16 heteroatoms. The zero-order valence-electron chi connectivity index (χ0n) is 25.5. The number of anilines is 1. The number of ether oxygens (including phenoxy) is 2. The fraction of sp³-hybridized carbons (Fsp3) is 0.419. The van der Waals surface area contributed by atoms with Gasteiger partial charge in [0.1, 0.15) is 17.0 Å². The lowest BCUT2D eigenvalue weighted by atomic mass is 10.0. The number of allylic oxidation sites excluding steroid dienone is 1. The molecular formula is C31H36F2N10O3S. The summed E-state index contributed by atoms with van der Waals surface area (Å²) in [5, 5.41) is 13.9. The van der Waals surface area contributed by atoms with E-state index in [-0.39, 0.29) is 35.3 Å². The van der Waals surface area contributed by atoms with E-state index in [0.717, 1.165) is 56.9 Å². The van der Waals surface area contributed by atoms with Crippen molar-refractivity contribution in [1.29, 1.82) is 0 Å². The lowest BCUT2D eigenvalue weighted by Crippen LogP contribution is -2.54. The molecule has 4 aromatic rings. The summed E-state index contributed by atoms with van der Waals surface area (Å²) in [6.45, 7) is 0.531. The number of amides is 1. The van der Waals surface area contributed by atoms with Crippen molar-refractivity contribution in [2.24, 2.45) is 11.6 Å². The van der Waals surface area contributed by atoms with E-state index >= 15 is 0 Å². The minimum absolute atomic E-state index is 0.0602. The Morgan fingerprint density at radius 3 is 2.77 bits per heavy atom. The zero-order chi connectivity index (χ0) is 32.5. The van der Waals surface area contributed by atoms with Gasteiger partial charge in [-0.2, -0.15) is 19.0 Å². The summed E-state index contributed by atoms with van der Waals surface area (Å²) in [5.74, 6) is 5.88. The third kappa shape index (κ3) is 7.20. The Morgan fingerprint density at radius 2 is 2.04 bits per heavy atom. The van der Waals surface area contributed by atoms with Gasteiger partial charge in [-0.25, -0.2) is 15.3 Å². The molecule has 0 radical (unpaired) electrons. The molecular weight excluding hydrogens is 630 g/mol. The number of aromatic nitrogens is 5. The number of piperidine rings is 1. The van der Waals surface area contributed by atoms with Crippen LogP contribution in [0.25, 0.3) is 16.9 Å². The van der Waals surface area contributed by atoms with Crippen molar-refractivity contribution in [2.75, 3.05) is 31.6 Å². The number of carbonyl (C=O) groups is 1. The maximum atomic E-state index is 13.5. The predicted molar refractivity (Wildman–Crippen MR) is 172 cm³/mol. The number of likely N-dealkylation sites (tertiary alicyclic amines) is 1. The van der Waals surface area contributed by atoms with E-state index < -0.39 is 12.5 Å². The number of hydrazine groups is 1. The van der Waals surface area contributed by atoms with E-state index in [1.54, 1.807) is 64.4 Å². The second-order valence-electron chi connectivity index (χ2n) is 12.0. The molecule has 1 amide bonds. The first-order valence-corrected chi connectivity index (χ1v) is 16.4. The van der Waals surface area contributed by atoms with Gasteiger partial charge in [0.05, 0.1) is 37.7 Å². The second kappa shape index (κ2) is 13.5. The van der Waals surface area contributed by atoms with E-state index in [1.165, 1.54) is 16.8 Å². The first kappa shape index (κ1) is 31.4. The number of carbonyl (C=O) groups excluding carboxylic acids is 1. The molecule has 47 heavy (non-hydrogen) atoms. The van der Waals surface area contributed by atoms with Crippen molar-refractivity contribution < 1.29 is 23.0 Å². The average molecular weight is 667 g/mol. The number of hydrogen-bond acceptors (Lipinski definition) is 11. The first-order chi connectivity index (χ1) is 22.8. The molecule has 3 fully saturated rings. The van der Waals surface area contributed by atoms with Gasteiger partial charge in [-0.15, -0.1) is 11.8 Å². The third-order valence-corrected chi connectivity index (χ3v) is 9.83. The predicted octanol–water partition coefficient (Wildman–Crippen LogP) is 3.54. The van der Waals surface area contributed by atoms with Gasteiger partial charge in [0.2, 0.25) is 0 Å². The highest BCUT2D eigenvalue weighted by molar-refractivity contribution is 8.00. The maximum absolute atomic E-state index is 13.5. The van der Waals surface area contributed by atoms with Gasteiger partial charge in [-0.05, 0) is 49.9 Å². The van der Waals surface area contributed by atoms with Crippen LogP contribution in [0.2, 0.25) is 0 Å². The lowest BCUT2D eigenvalue weighted by molar-refractivity contribution is -0.0748. The summed E-state index contributed by atoms with van der Waals surface area (Å²) in [5.41, 5.74) is 8.34. The van der Waals surface area contributed by atoms with Crippen molar-refractivity contribution in [3.63, 3.8) is 0 Å². The number of benzene rings is 1. The van der Waals surface area contributed by atoms with Crippen molar-refractivity contribution in [3.8, 4) is 17.0 Å². The van der Waals surface area contributed by atoms with E-state index in [1.807, 2.05) is 0 Å². The minimum Gasteiger partial charge on any atom is -0.434 e. The van der Waals surface area contributed by atoms with Crippen LogP contribution in [0.1, 0.15) is 36.0 Å². The van der Waals surface area contributed by atoms with Gasteiger partial charge in [0.25, 0.3) is 5.91 Å². The van der Waals surface area contributed by atoms with E-state index in [2.05, 4.69) is 20.3 Å². The highest BCUT2D eigenvalue weighted by Crippen LogP contribution is 2.43. The molecule has 0 unspecified atom stereocenters. The molecule has 248 valence electrons. The van der Waals surface area contributed by atoms with Crippen molar-refractivity contribution in [1.82, 2.24) is 34.3 Å². The second-order valence-corrected chi connectivity index (χ2v) is 13.3. The molecule has 0 spiro atoms. The van der Waals surface area contributed by atoms with Crippen LogP contribution in [0.4, 0.5) is 14.5 Å². The lowest BCUT2D eigenvalue weighted by Gasteiger charge is -2.42. The molecule has 0 atom stereocenters. The van der Waals surface area contributed by atoms with Crippen LogP contribution in [0.15, 0.2) is 65.8 Å². The molecule has 3 aliphatic rings. The summed E-state index contributed by atoms with van der Waals surface area (Å²) in [6.07, 6.45) is 12.0. The third-order valence-electron chi connectivity index (χ3n) is 8.50. The highest BCUT2D eigenvalue weighted by Gasteiger charge is 2.31. The summed E-state index contributed by atoms with van der Waals surface area (Å²) in [4.78, 5) is 21.1. The van der Waals surface area contributed by atoms with E-state index in [9.17, 15) is 13.6 Å². The molecule has 0 bridgehead atoms. The Kier molecular flexibility index (Phi) is 8.98. The van der Waals surface area contributed by atoms with Crippen molar-refractivity contribution >= 4 is 29.0 Å². The molecule has 7 rings (SSSR count). The number of alkyl halides is 2. The molecule has 5 heterocycles.